The van der Waals surface area contributed by atoms with Gasteiger partial charge in [-0.05, 0) is 6.92 Å². The molecule has 0 saturated heterocycles. The van der Waals surface area contributed by atoms with Crippen molar-refractivity contribution < 1.29 is 14.4 Å². The highest BCUT2D eigenvalue weighted by Crippen LogP contribution is 1.13. The van der Waals surface area contributed by atoms with Gasteiger partial charge < -0.3 is 4.79 Å². The Morgan fingerprint density at radius 2 is 1.22 bits per heavy atom. The molecule has 0 aliphatic rings. The van der Waals surface area contributed by atoms with Crippen LogP contribution in [0.1, 0.15) is 6.92 Å². The molecule has 0 bridgehead atoms. The fourth-order valence-electron chi connectivity index (χ4n) is 0. The summed E-state index contributed by atoms with van der Waals surface area (Å²) in [4.78, 5) is 25.5. The molecule has 5 heteroatoms. The third-order valence-electron chi connectivity index (χ3n) is 0. The zero-order chi connectivity index (χ0) is 8.12. The second-order valence-electron chi connectivity index (χ2n) is 0.440. The lowest BCUT2D eigenvalue weighted by Crippen LogP contribution is -1.36. The lowest BCUT2D eigenvalue weighted by molar-refractivity contribution is -0.106. The van der Waals surface area contributed by atoms with Gasteiger partial charge >= 0.3 is 0 Å². The second-order valence-corrected chi connectivity index (χ2v) is 0.440. The van der Waals surface area contributed by atoms with Crippen LogP contribution in [0.15, 0.2) is 0 Å². The molecular weight excluding hydrogens is 124 g/mol. The standard InChI is InChI=1S/C2H4O.2CHNO/c1-2-3;2*2-1-3/h2H,1H3;2*2H. The average Bonchev–Trinajstić information content (AvgIpc) is 1.70. The van der Waals surface area contributed by atoms with E-state index in [1.54, 1.807) is 0 Å². The van der Waals surface area contributed by atoms with Gasteiger partial charge in [0.2, 0.25) is 12.2 Å². The van der Waals surface area contributed by atoms with Crippen LogP contribution in [0.25, 0.3) is 0 Å². The molecule has 0 fully saturated rings. The van der Waals surface area contributed by atoms with Crippen LogP contribution < -0.4 is 0 Å². The molecule has 0 aromatic heterocycles. The second kappa shape index (κ2) is 92.7. The van der Waals surface area contributed by atoms with Crippen LogP contribution in [0.3, 0.4) is 0 Å². The van der Waals surface area contributed by atoms with Crippen molar-refractivity contribution in [2.24, 2.45) is 0 Å². The van der Waals surface area contributed by atoms with Gasteiger partial charge in [-0.1, -0.05) is 0 Å². The van der Waals surface area contributed by atoms with Crippen molar-refractivity contribution in [3.05, 3.63) is 0 Å². The van der Waals surface area contributed by atoms with E-state index in [1.807, 2.05) is 0 Å². The van der Waals surface area contributed by atoms with Crippen LogP contribution in [0.5, 0.6) is 0 Å². The summed E-state index contributed by atoms with van der Waals surface area (Å²) in [5, 5.41) is 10.8. The minimum Gasteiger partial charge on any atom is -0.304 e. The molecule has 5 nitrogen and oxygen atoms in total. The zero-order valence-electron chi connectivity index (χ0n) is 4.80. The third-order valence-corrected chi connectivity index (χ3v) is 0. The van der Waals surface area contributed by atoms with Crippen LogP contribution in [-0.4, -0.2) is 18.4 Å². The van der Waals surface area contributed by atoms with Crippen molar-refractivity contribution in [1.82, 2.24) is 0 Å². The summed E-state index contributed by atoms with van der Waals surface area (Å²) in [5.74, 6) is 0. The van der Waals surface area contributed by atoms with Crippen molar-refractivity contribution in [2.75, 3.05) is 0 Å². The van der Waals surface area contributed by atoms with Gasteiger partial charge in [0, 0.05) is 0 Å². The Morgan fingerprint density at radius 3 is 1.22 bits per heavy atom. The average molecular weight is 130 g/mol. The Hall–Kier alpha value is -1.57. The Morgan fingerprint density at radius 1 is 1.22 bits per heavy atom. The summed E-state index contributed by atoms with van der Waals surface area (Å²) in [7, 11) is 0. The highest BCUT2D eigenvalue weighted by molar-refractivity contribution is 5.44. The molecular formula is C4H6N2O3. The van der Waals surface area contributed by atoms with E-state index in [1.165, 1.54) is 6.92 Å². The number of carbonyl (C=O) groups is 1. The number of rotatable bonds is 0. The molecule has 0 amide bonds. The first-order valence-corrected chi connectivity index (χ1v) is 1.72. The smallest absolute Gasteiger partial charge is 0.231 e. The van der Waals surface area contributed by atoms with Crippen LogP contribution >= 0.6 is 0 Å². The monoisotopic (exact) mass is 130 g/mol. The minimum absolute atomic E-state index is 0.750. The molecule has 0 heterocycles. The van der Waals surface area contributed by atoms with Crippen molar-refractivity contribution in [3.8, 4) is 0 Å². The molecule has 0 aromatic rings. The minimum atomic E-state index is 0.750. The number of hydrogen-bond acceptors (Lipinski definition) is 5. The van der Waals surface area contributed by atoms with E-state index in [0.717, 1.165) is 18.4 Å². The predicted molar refractivity (Wildman–Crippen MR) is 28.6 cm³/mol. The maximum absolute atomic E-state index is 8.81. The van der Waals surface area contributed by atoms with Crippen LogP contribution in [-0.2, 0) is 14.4 Å². The summed E-state index contributed by atoms with van der Waals surface area (Å²) in [6.07, 6.45) is 2.25. The van der Waals surface area contributed by atoms with Gasteiger partial charge in [0.1, 0.15) is 6.29 Å². The third kappa shape index (κ3) is 51.2. The molecule has 0 aromatic carbocycles. The van der Waals surface area contributed by atoms with Gasteiger partial charge in [-0.2, -0.15) is 0 Å². The molecule has 50 valence electrons. The molecule has 0 spiro atoms. The van der Waals surface area contributed by atoms with Crippen molar-refractivity contribution in [3.63, 3.8) is 0 Å². The molecule has 0 aliphatic carbocycles. The number of isocyanates is 2. The van der Waals surface area contributed by atoms with E-state index in [4.69, 9.17) is 25.2 Å². The highest BCUT2D eigenvalue weighted by atomic mass is 16.1. The van der Waals surface area contributed by atoms with E-state index in [-0.39, 0.29) is 0 Å². The summed E-state index contributed by atoms with van der Waals surface area (Å²) < 4.78 is 0. The van der Waals surface area contributed by atoms with Crippen LogP contribution in [0.2, 0.25) is 0 Å². The fourth-order valence-corrected chi connectivity index (χ4v) is 0. The molecule has 9 heavy (non-hydrogen) atoms. The zero-order valence-corrected chi connectivity index (χ0v) is 4.80. The van der Waals surface area contributed by atoms with Crippen LogP contribution in [0.4, 0.5) is 0 Å². The first-order valence-electron chi connectivity index (χ1n) is 1.72. The first-order chi connectivity index (χ1) is 4.24. The van der Waals surface area contributed by atoms with Gasteiger partial charge in [-0.3, -0.25) is 0 Å². The summed E-state index contributed by atoms with van der Waals surface area (Å²) >= 11 is 0. The van der Waals surface area contributed by atoms with E-state index < -0.39 is 0 Å². The number of hydrogen-bond donors (Lipinski definition) is 2. The fraction of sp³-hybridized carbons (Fsp3) is 0.250. The molecule has 0 aliphatic heterocycles. The molecule has 0 rings (SSSR count). The molecule has 2 N–H and O–H groups in total. The van der Waals surface area contributed by atoms with E-state index in [0.29, 0.717) is 0 Å². The van der Waals surface area contributed by atoms with Crippen molar-refractivity contribution >= 4 is 18.4 Å². The lowest BCUT2D eigenvalue weighted by atomic mass is 11.0. The first kappa shape index (κ1) is 15.7. The maximum Gasteiger partial charge on any atom is 0.231 e. The Labute approximate surface area is 51.7 Å². The summed E-state index contributed by atoms with van der Waals surface area (Å²) in [6, 6.07) is 0. The topological polar surface area (TPSA) is 98.9 Å². The summed E-state index contributed by atoms with van der Waals surface area (Å²) in [6.45, 7) is 1.44. The van der Waals surface area contributed by atoms with Gasteiger partial charge in [0.05, 0.1) is 0 Å². The van der Waals surface area contributed by atoms with Gasteiger partial charge in [-0.15, -0.1) is 0 Å². The quantitative estimate of drug-likeness (QED) is 0.274. The largest absolute Gasteiger partial charge is 0.304 e. The van der Waals surface area contributed by atoms with E-state index in [2.05, 4.69) is 0 Å². The van der Waals surface area contributed by atoms with E-state index >= 15 is 0 Å². The molecule has 0 radical (unpaired) electrons. The Balaban J connectivity index is -0.0000000600. The Bertz CT molecular complexity index is 97.0. The van der Waals surface area contributed by atoms with Gasteiger partial charge in [-0.25, -0.2) is 20.4 Å². The van der Waals surface area contributed by atoms with Gasteiger partial charge in [0.15, 0.2) is 0 Å². The Kier molecular flexibility index (Phi) is 161. The lowest BCUT2D eigenvalue weighted by Gasteiger charge is -1.23. The normalized spacial score (nSPS) is 3.22. The maximum atomic E-state index is 8.81. The van der Waals surface area contributed by atoms with E-state index in [9.17, 15) is 0 Å². The van der Waals surface area contributed by atoms with Crippen molar-refractivity contribution in [1.29, 1.82) is 10.8 Å². The number of aldehydes is 1. The number of carbonyl (C=O) groups excluding carboxylic acids is 3. The molecule has 0 atom stereocenters. The SMILES string of the molecule is CC=O.N=C=O.N=C=O. The van der Waals surface area contributed by atoms with Crippen molar-refractivity contribution in [2.45, 2.75) is 6.92 Å². The molecule has 0 unspecified atom stereocenters. The number of nitrogens with one attached hydrogen (secondary N) is 2. The van der Waals surface area contributed by atoms with Gasteiger partial charge in [0.25, 0.3) is 0 Å². The predicted octanol–water partition coefficient (Wildman–Crippen LogP) is 0.00714. The van der Waals surface area contributed by atoms with Crippen LogP contribution in [0, 0.1) is 10.8 Å². The summed E-state index contributed by atoms with van der Waals surface area (Å²) in [5.41, 5.74) is 0. The molecule has 0 saturated carbocycles. The highest BCUT2D eigenvalue weighted by Gasteiger charge is 1.24.